The number of nitrogens with zero attached hydrogens (tertiary/aromatic N) is 1. The largest absolute Gasteiger partial charge is 0.375 e. The molecule has 2 rings (SSSR count). The number of benzene rings is 1. The van der Waals surface area contributed by atoms with E-state index in [0.29, 0.717) is 11.6 Å². The molecule has 0 radical (unpaired) electrons. The van der Waals surface area contributed by atoms with Crippen LogP contribution in [0.25, 0.3) is 0 Å². The summed E-state index contributed by atoms with van der Waals surface area (Å²) in [5.41, 5.74) is 0.794. The number of nitrogens with one attached hydrogen (secondary N) is 1. The summed E-state index contributed by atoms with van der Waals surface area (Å²) < 4.78 is 0.930. The van der Waals surface area contributed by atoms with Crippen molar-refractivity contribution in [1.82, 2.24) is 4.90 Å². The molecule has 1 heterocycles. The Kier molecular flexibility index (Phi) is 4.29. The third-order valence-electron chi connectivity index (χ3n) is 2.82. The zero-order valence-electron chi connectivity index (χ0n) is 9.38. The second-order valence-electron chi connectivity index (χ2n) is 4.07. The maximum Gasteiger partial charge on any atom is 0.241 e. The van der Waals surface area contributed by atoms with E-state index in [9.17, 15) is 4.79 Å². The molecule has 0 atom stereocenters. The van der Waals surface area contributed by atoms with Crippen molar-refractivity contribution in [3.63, 3.8) is 0 Å². The van der Waals surface area contributed by atoms with Crippen LogP contribution in [0.2, 0.25) is 5.02 Å². The van der Waals surface area contributed by atoms with E-state index in [-0.39, 0.29) is 5.91 Å². The second kappa shape index (κ2) is 5.74. The molecule has 17 heavy (non-hydrogen) atoms. The zero-order valence-corrected chi connectivity index (χ0v) is 11.7. The number of amides is 1. The van der Waals surface area contributed by atoms with Crippen molar-refractivity contribution in [3.05, 3.63) is 27.7 Å². The summed E-state index contributed by atoms with van der Waals surface area (Å²) >= 11 is 9.40. The van der Waals surface area contributed by atoms with E-state index in [4.69, 9.17) is 11.6 Å². The smallest absolute Gasteiger partial charge is 0.241 e. The van der Waals surface area contributed by atoms with Crippen LogP contribution in [-0.2, 0) is 4.79 Å². The molecular formula is C12H14BrClN2O. The number of anilines is 1. The number of hydrogen-bond donors (Lipinski definition) is 1. The molecule has 1 N–H and O–H groups in total. The van der Waals surface area contributed by atoms with Gasteiger partial charge in [0.25, 0.3) is 0 Å². The quantitative estimate of drug-likeness (QED) is 0.929. The van der Waals surface area contributed by atoms with Gasteiger partial charge in [0.05, 0.1) is 17.3 Å². The maximum atomic E-state index is 11.8. The van der Waals surface area contributed by atoms with Crippen LogP contribution >= 0.6 is 27.5 Å². The highest BCUT2D eigenvalue weighted by Crippen LogP contribution is 2.25. The summed E-state index contributed by atoms with van der Waals surface area (Å²) in [7, 11) is 0. The fourth-order valence-electron chi connectivity index (χ4n) is 1.88. The third-order valence-corrected chi connectivity index (χ3v) is 3.63. The summed E-state index contributed by atoms with van der Waals surface area (Å²) in [6.07, 6.45) is 2.23. The molecule has 0 spiro atoms. The van der Waals surface area contributed by atoms with Crippen molar-refractivity contribution in [2.75, 3.05) is 25.0 Å². The van der Waals surface area contributed by atoms with Crippen molar-refractivity contribution in [2.45, 2.75) is 12.8 Å². The molecule has 1 aromatic rings. The Morgan fingerprint density at radius 1 is 1.41 bits per heavy atom. The molecule has 1 saturated heterocycles. The molecule has 1 fully saturated rings. The predicted octanol–water partition coefficient (Wildman–Crippen LogP) is 3.14. The standard InChI is InChI=1S/C12H14BrClN2O/c13-9-3-4-11(10(14)7-9)15-8-12(17)16-5-1-2-6-16/h3-4,7,15H,1-2,5-6,8H2. The number of carbonyl (C=O) groups excluding carboxylic acids is 1. The molecule has 1 aliphatic rings. The van der Waals surface area contributed by atoms with Crippen LogP contribution in [-0.4, -0.2) is 30.4 Å². The van der Waals surface area contributed by atoms with Gasteiger partial charge in [0.15, 0.2) is 0 Å². The minimum atomic E-state index is 0.140. The van der Waals surface area contributed by atoms with Gasteiger partial charge in [-0.25, -0.2) is 0 Å². The Morgan fingerprint density at radius 3 is 2.76 bits per heavy atom. The molecule has 0 unspecified atom stereocenters. The van der Waals surface area contributed by atoms with Gasteiger partial charge in [-0.3, -0.25) is 4.79 Å². The first kappa shape index (κ1) is 12.7. The molecule has 92 valence electrons. The Morgan fingerprint density at radius 2 is 2.12 bits per heavy atom. The average molecular weight is 318 g/mol. The number of hydrogen-bond acceptors (Lipinski definition) is 2. The lowest BCUT2D eigenvalue weighted by Gasteiger charge is -2.16. The highest BCUT2D eigenvalue weighted by Gasteiger charge is 2.17. The number of rotatable bonds is 3. The van der Waals surface area contributed by atoms with Crippen molar-refractivity contribution in [1.29, 1.82) is 0 Å². The molecule has 1 aliphatic heterocycles. The van der Waals surface area contributed by atoms with E-state index in [1.54, 1.807) is 0 Å². The van der Waals surface area contributed by atoms with Crippen molar-refractivity contribution >= 4 is 39.1 Å². The van der Waals surface area contributed by atoms with Gasteiger partial charge in [0, 0.05) is 17.6 Å². The molecule has 5 heteroatoms. The molecule has 0 saturated carbocycles. The molecular weight excluding hydrogens is 304 g/mol. The van der Waals surface area contributed by atoms with Gasteiger partial charge in [0.1, 0.15) is 0 Å². The number of halogens is 2. The van der Waals surface area contributed by atoms with Crippen LogP contribution in [0.4, 0.5) is 5.69 Å². The minimum absolute atomic E-state index is 0.140. The SMILES string of the molecule is O=C(CNc1ccc(Br)cc1Cl)N1CCCC1. The van der Waals surface area contributed by atoms with Crippen LogP contribution in [0.5, 0.6) is 0 Å². The lowest BCUT2D eigenvalue weighted by Crippen LogP contribution is -2.33. The number of likely N-dealkylation sites (tertiary alicyclic amines) is 1. The topological polar surface area (TPSA) is 32.3 Å². The number of carbonyl (C=O) groups is 1. The molecule has 0 aromatic heterocycles. The highest BCUT2D eigenvalue weighted by atomic mass is 79.9. The second-order valence-corrected chi connectivity index (χ2v) is 5.39. The monoisotopic (exact) mass is 316 g/mol. The molecule has 1 amide bonds. The highest BCUT2D eigenvalue weighted by molar-refractivity contribution is 9.10. The summed E-state index contributed by atoms with van der Waals surface area (Å²) in [5, 5.41) is 3.69. The maximum absolute atomic E-state index is 11.8. The summed E-state index contributed by atoms with van der Waals surface area (Å²) in [4.78, 5) is 13.7. The van der Waals surface area contributed by atoms with Gasteiger partial charge < -0.3 is 10.2 Å². The average Bonchev–Trinajstić information content (AvgIpc) is 2.81. The van der Waals surface area contributed by atoms with Crippen LogP contribution in [0.15, 0.2) is 22.7 Å². The lowest BCUT2D eigenvalue weighted by molar-refractivity contribution is -0.128. The predicted molar refractivity (Wildman–Crippen MR) is 73.5 cm³/mol. The third kappa shape index (κ3) is 3.36. The molecule has 3 nitrogen and oxygen atoms in total. The Hall–Kier alpha value is -0.740. The van der Waals surface area contributed by atoms with Gasteiger partial charge in [0.2, 0.25) is 5.91 Å². The first-order valence-corrected chi connectivity index (χ1v) is 6.80. The van der Waals surface area contributed by atoms with Crippen molar-refractivity contribution in [3.8, 4) is 0 Å². The van der Waals surface area contributed by atoms with E-state index < -0.39 is 0 Å². The van der Waals surface area contributed by atoms with Gasteiger partial charge >= 0.3 is 0 Å². The summed E-state index contributed by atoms with van der Waals surface area (Å²) in [5.74, 6) is 0.140. The van der Waals surface area contributed by atoms with E-state index in [1.807, 2.05) is 23.1 Å². The summed E-state index contributed by atoms with van der Waals surface area (Å²) in [6.45, 7) is 2.07. The molecule has 0 aliphatic carbocycles. The molecule has 0 bridgehead atoms. The van der Waals surface area contributed by atoms with Gasteiger partial charge in [-0.05, 0) is 31.0 Å². The van der Waals surface area contributed by atoms with E-state index in [0.717, 1.165) is 36.1 Å². The Labute approximate surface area is 114 Å². The van der Waals surface area contributed by atoms with Gasteiger partial charge in [-0.2, -0.15) is 0 Å². The van der Waals surface area contributed by atoms with E-state index in [1.165, 1.54) is 0 Å². The van der Waals surface area contributed by atoms with E-state index >= 15 is 0 Å². The minimum Gasteiger partial charge on any atom is -0.375 e. The fourth-order valence-corrected chi connectivity index (χ4v) is 2.62. The van der Waals surface area contributed by atoms with Crippen LogP contribution in [0, 0.1) is 0 Å². The van der Waals surface area contributed by atoms with Crippen LogP contribution in [0.1, 0.15) is 12.8 Å². The van der Waals surface area contributed by atoms with Gasteiger partial charge in [-0.15, -0.1) is 0 Å². The lowest BCUT2D eigenvalue weighted by atomic mass is 10.3. The van der Waals surface area contributed by atoms with Crippen molar-refractivity contribution < 1.29 is 4.79 Å². The van der Waals surface area contributed by atoms with Crippen LogP contribution in [0.3, 0.4) is 0 Å². The van der Waals surface area contributed by atoms with Gasteiger partial charge in [-0.1, -0.05) is 27.5 Å². The van der Waals surface area contributed by atoms with Crippen LogP contribution < -0.4 is 5.32 Å². The first-order chi connectivity index (χ1) is 8.16. The Balaban J connectivity index is 1.90. The first-order valence-electron chi connectivity index (χ1n) is 5.63. The zero-order chi connectivity index (χ0) is 12.3. The van der Waals surface area contributed by atoms with Crippen molar-refractivity contribution in [2.24, 2.45) is 0 Å². The van der Waals surface area contributed by atoms with E-state index in [2.05, 4.69) is 21.2 Å². The Bertz CT molecular complexity index is 419. The molecule has 1 aromatic carbocycles. The normalized spacial score (nSPS) is 15.1. The fraction of sp³-hybridized carbons (Fsp3) is 0.417. The summed E-state index contributed by atoms with van der Waals surface area (Å²) in [6, 6.07) is 5.57.